The predicted molar refractivity (Wildman–Crippen MR) is 72.6 cm³/mol. The second-order valence-electron chi connectivity index (χ2n) is 4.38. The van der Waals surface area contributed by atoms with Crippen molar-refractivity contribution in [2.24, 2.45) is 0 Å². The summed E-state index contributed by atoms with van der Waals surface area (Å²) in [7, 11) is 0. The van der Waals surface area contributed by atoms with Crippen molar-refractivity contribution >= 4 is 27.5 Å². The summed E-state index contributed by atoms with van der Waals surface area (Å²) in [6.45, 7) is 6.19. The summed E-state index contributed by atoms with van der Waals surface area (Å²) < 4.78 is 0.968. The molecule has 94 valence electrons. The largest absolute Gasteiger partial charge is 0.324 e. The van der Waals surface area contributed by atoms with Gasteiger partial charge in [0.15, 0.2) is 0 Å². The summed E-state index contributed by atoms with van der Waals surface area (Å²) in [5.41, 5.74) is 0.582. The van der Waals surface area contributed by atoms with Crippen LogP contribution in [0.15, 0.2) is 23.1 Å². The van der Waals surface area contributed by atoms with Gasteiger partial charge >= 0.3 is 0 Å². The van der Waals surface area contributed by atoms with Gasteiger partial charge in [-0.2, -0.15) is 0 Å². The molecule has 0 atom stereocenters. The predicted octanol–water partition coefficient (Wildman–Crippen LogP) is 2.37. The highest BCUT2D eigenvalue weighted by molar-refractivity contribution is 9.10. The number of halogens is 1. The van der Waals surface area contributed by atoms with E-state index < -0.39 is 4.32 Å². The van der Waals surface area contributed by atoms with E-state index in [-0.39, 0.29) is 11.5 Å². The van der Waals surface area contributed by atoms with E-state index in [2.05, 4.69) is 21.2 Å². The van der Waals surface area contributed by atoms with Crippen LogP contribution in [0.25, 0.3) is 0 Å². The van der Waals surface area contributed by atoms with Crippen molar-refractivity contribution in [3.8, 4) is 0 Å². The molecule has 0 fully saturated rings. The molecule has 0 saturated carbocycles. The maximum atomic E-state index is 11.7. The molecular weight excluding hydrogens is 284 g/mol. The Morgan fingerprint density at radius 3 is 2.65 bits per heavy atom. The van der Waals surface area contributed by atoms with Gasteiger partial charge in [0.25, 0.3) is 5.56 Å². The maximum Gasteiger partial charge on any atom is 0.250 e. The number of carbonyl (C=O) groups excluding carboxylic acids is 1. The number of nitrogens with zero attached hydrogens (tertiary/aromatic N) is 1. The van der Waals surface area contributed by atoms with Gasteiger partial charge in [-0.05, 0) is 26.3 Å². The zero-order valence-electron chi connectivity index (χ0n) is 10.3. The first-order chi connectivity index (χ1) is 7.84. The second kappa shape index (κ2) is 5.49. The number of aryl methyl sites for hydroxylation is 1. The molecule has 4 nitrogen and oxygen atoms in total. The quantitative estimate of drug-likeness (QED) is 0.868. The summed E-state index contributed by atoms with van der Waals surface area (Å²) in [6, 6.07) is 3.08. The lowest BCUT2D eigenvalue weighted by atomic mass is 10.2. The molecule has 17 heavy (non-hydrogen) atoms. The summed E-state index contributed by atoms with van der Waals surface area (Å²) in [6.07, 6.45) is 2.55. The fraction of sp³-hybridized carbons (Fsp3) is 0.500. The van der Waals surface area contributed by atoms with Gasteiger partial charge in [0, 0.05) is 18.8 Å². The lowest BCUT2D eigenvalue weighted by Crippen LogP contribution is -2.31. The van der Waals surface area contributed by atoms with Gasteiger partial charge < -0.3 is 9.88 Å². The zero-order chi connectivity index (χ0) is 13.1. The first kappa shape index (κ1) is 14.0. The molecule has 1 aromatic heterocycles. The molecule has 0 radical (unpaired) electrons. The molecule has 0 saturated heterocycles. The number of aromatic nitrogens is 1. The highest BCUT2D eigenvalue weighted by Gasteiger charge is 2.23. The van der Waals surface area contributed by atoms with Gasteiger partial charge in [-0.3, -0.25) is 9.59 Å². The van der Waals surface area contributed by atoms with E-state index in [4.69, 9.17) is 0 Å². The second-order valence-corrected chi connectivity index (χ2v) is 6.36. The monoisotopic (exact) mass is 300 g/mol. The Hall–Kier alpha value is -1.10. The number of rotatable bonds is 4. The number of anilines is 1. The van der Waals surface area contributed by atoms with Crippen LogP contribution in [0.2, 0.25) is 0 Å². The number of nitrogens with one attached hydrogen (secondary N) is 1. The average Bonchev–Trinajstić information content (AvgIpc) is 2.22. The topological polar surface area (TPSA) is 51.1 Å². The van der Waals surface area contributed by atoms with E-state index in [1.165, 1.54) is 6.07 Å². The molecule has 0 aliphatic heterocycles. The summed E-state index contributed by atoms with van der Waals surface area (Å²) in [5, 5.41) is 2.76. The average molecular weight is 301 g/mol. The van der Waals surface area contributed by atoms with Crippen molar-refractivity contribution in [1.29, 1.82) is 0 Å². The molecule has 1 aromatic rings. The third kappa shape index (κ3) is 4.00. The lowest BCUT2D eigenvalue weighted by molar-refractivity contribution is -0.117. The molecular formula is C12H17BrN2O2. The molecule has 0 bridgehead atoms. The van der Waals surface area contributed by atoms with Crippen LogP contribution < -0.4 is 10.9 Å². The van der Waals surface area contributed by atoms with Crippen molar-refractivity contribution in [2.75, 3.05) is 5.32 Å². The number of hydrogen-bond acceptors (Lipinski definition) is 2. The number of carbonyl (C=O) groups is 1. The lowest BCUT2D eigenvalue weighted by Gasteiger charge is -2.16. The highest BCUT2D eigenvalue weighted by Crippen LogP contribution is 2.18. The number of hydrogen-bond donors (Lipinski definition) is 1. The van der Waals surface area contributed by atoms with Crippen molar-refractivity contribution in [3.63, 3.8) is 0 Å². The zero-order valence-corrected chi connectivity index (χ0v) is 11.9. The third-order valence-corrected chi connectivity index (χ3v) is 2.61. The highest BCUT2D eigenvalue weighted by atomic mass is 79.9. The Balaban J connectivity index is 2.90. The first-order valence-corrected chi connectivity index (χ1v) is 6.34. The Morgan fingerprint density at radius 1 is 1.47 bits per heavy atom. The molecule has 0 aliphatic rings. The molecule has 0 unspecified atom stereocenters. The van der Waals surface area contributed by atoms with Crippen molar-refractivity contribution in [1.82, 2.24) is 4.57 Å². The number of alkyl halides is 1. The Kier molecular flexibility index (Phi) is 4.51. The minimum atomic E-state index is -0.626. The summed E-state index contributed by atoms with van der Waals surface area (Å²) in [5.74, 6) is -0.140. The van der Waals surface area contributed by atoms with E-state index in [1.807, 2.05) is 6.92 Å². The maximum absolute atomic E-state index is 11.7. The fourth-order valence-electron chi connectivity index (χ4n) is 1.30. The van der Waals surface area contributed by atoms with Gasteiger partial charge in [0.05, 0.1) is 10.0 Å². The van der Waals surface area contributed by atoms with E-state index in [0.29, 0.717) is 12.2 Å². The van der Waals surface area contributed by atoms with Crippen LogP contribution in [0.4, 0.5) is 5.69 Å². The van der Waals surface area contributed by atoms with Crippen LogP contribution in [0, 0.1) is 0 Å². The fourth-order valence-corrected chi connectivity index (χ4v) is 1.40. The van der Waals surface area contributed by atoms with Crippen molar-refractivity contribution in [2.45, 2.75) is 38.1 Å². The van der Waals surface area contributed by atoms with Crippen LogP contribution in [-0.2, 0) is 11.3 Å². The standard InChI is InChI=1S/C12H17BrN2O2/c1-4-7-15-8-9(5-6-10(15)16)14-11(17)12(2,3)13/h5-6,8H,4,7H2,1-3H3,(H,14,17). The number of pyridine rings is 1. The van der Waals surface area contributed by atoms with Gasteiger partial charge in [0.2, 0.25) is 5.91 Å². The molecule has 0 aromatic carbocycles. The van der Waals surface area contributed by atoms with E-state index >= 15 is 0 Å². The SMILES string of the molecule is CCCn1cc(NC(=O)C(C)(C)Br)ccc1=O. The summed E-state index contributed by atoms with van der Waals surface area (Å²) >= 11 is 3.28. The Bertz CT molecular complexity index is 460. The van der Waals surface area contributed by atoms with Gasteiger partial charge in [-0.15, -0.1) is 0 Å². The van der Waals surface area contributed by atoms with Crippen LogP contribution in [0.3, 0.4) is 0 Å². The number of amides is 1. The van der Waals surface area contributed by atoms with Gasteiger partial charge in [-0.25, -0.2) is 0 Å². The van der Waals surface area contributed by atoms with E-state index in [0.717, 1.165) is 6.42 Å². The molecule has 5 heteroatoms. The van der Waals surface area contributed by atoms with Crippen molar-refractivity contribution < 1.29 is 4.79 Å². The van der Waals surface area contributed by atoms with Crippen LogP contribution >= 0.6 is 15.9 Å². The Morgan fingerprint density at radius 2 is 2.12 bits per heavy atom. The Labute approximate surface area is 109 Å². The smallest absolute Gasteiger partial charge is 0.250 e. The van der Waals surface area contributed by atoms with Gasteiger partial charge in [0.1, 0.15) is 0 Å². The minimum Gasteiger partial charge on any atom is -0.324 e. The normalized spacial score (nSPS) is 11.3. The molecule has 0 aliphatic carbocycles. The van der Waals surface area contributed by atoms with Crippen LogP contribution in [0.5, 0.6) is 0 Å². The van der Waals surface area contributed by atoms with E-state index in [1.54, 1.807) is 30.7 Å². The molecule has 1 N–H and O–H groups in total. The molecule has 1 heterocycles. The van der Waals surface area contributed by atoms with Crippen molar-refractivity contribution in [3.05, 3.63) is 28.7 Å². The molecule has 1 amide bonds. The van der Waals surface area contributed by atoms with Gasteiger partial charge in [-0.1, -0.05) is 22.9 Å². The van der Waals surface area contributed by atoms with Crippen LogP contribution in [-0.4, -0.2) is 14.8 Å². The van der Waals surface area contributed by atoms with Crippen LogP contribution in [0.1, 0.15) is 27.2 Å². The first-order valence-electron chi connectivity index (χ1n) is 5.55. The molecule has 0 spiro atoms. The van der Waals surface area contributed by atoms with E-state index in [9.17, 15) is 9.59 Å². The summed E-state index contributed by atoms with van der Waals surface area (Å²) in [4.78, 5) is 23.2. The third-order valence-electron chi connectivity index (χ3n) is 2.25. The minimum absolute atomic E-state index is 0.0528. The molecule has 1 rings (SSSR count).